The van der Waals surface area contributed by atoms with Crippen LogP contribution in [0.1, 0.15) is 41.4 Å². The van der Waals surface area contributed by atoms with Gasteiger partial charge in [-0.05, 0) is 53.8 Å². The molecule has 1 fully saturated rings. The number of nitrogens with zero attached hydrogens (tertiary/aromatic N) is 1. The lowest BCUT2D eigenvalue weighted by atomic mass is 9.98. The molecular weight excluding hydrogens is 366 g/mol. The van der Waals surface area contributed by atoms with Crippen LogP contribution >= 0.6 is 0 Å². The van der Waals surface area contributed by atoms with Crippen LogP contribution in [0.15, 0.2) is 65.3 Å². The van der Waals surface area contributed by atoms with Crippen LogP contribution in [0.3, 0.4) is 0 Å². The normalized spacial score (nSPS) is 17.8. The van der Waals surface area contributed by atoms with Crippen LogP contribution in [0.2, 0.25) is 0 Å². The zero-order valence-corrected chi connectivity index (χ0v) is 16.2. The number of furan rings is 1. The number of hydrogen-bond acceptors (Lipinski definition) is 4. The van der Waals surface area contributed by atoms with Crippen LogP contribution in [0.5, 0.6) is 0 Å². The van der Waals surface area contributed by atoms with Gasteiger partial charge < -0.3 is 20.4 Å². The van der Waals surface area contributed by atoms with E-state index in [1.54, 1.807) is 17.0 Å². The molecular formula is C23H25N3O3. The van der Waals surface area contributed by atoms with Crippen molar-refractivity contribution in [1.82, 2.24) is 10.2 Å². The second-order valence-corrected chi connectivity index (χ2v) is 7.39. The number of carbonyl (C=O) groups is 2. The minimum Gasteiger partial charge on any atom is -0.459 e. The smallest absolute Gasteiger partial charge is 0.290 e. The van der Waals surface area contributed by atoms with Gasteiger partial charge in [-0.15, -0.1) is 0 Å². The van der Waals surface area contributed by atoms with Gasteiger partial charge >= 0.3 is 0 Å². The van der Waals surface area contributed by atoms with Gasteiger partial charge in [-0.2, -0.15) is 0 Å². The average Bonchev–Trinajstić information content (AvgIpc) is 3.31. The van der Waals surface area contributed by atoms with E-state index in [1.165, 1.54) is 6.26 Å². The van der Waals surface area contributed by atoms with Gasteiger partial charge in [0.05, 0.1) is 12.3 Å². The summed E-state index contributed by atoms with van der Waals surface area (Å²) in [5.74, 6) is -0.160. The van der Waals surface area contributed by atoms with Crippen molar-refractivity contribution in [3.05, 3.63) is 72.2 Å². The monoisotopic (exact) mass is 391 g/mol. The molecule has 6 heteroatoms. The summed E-state index contributed by atoms with van der Waals surface area (Å²) in [5, 5.41) is 5.30. The van der Waals surface area contributed by atoms with E-state index < -0.39 is 6.04 Å². The van der Waals surface area contributed by atoms with Crippen LogP contribution in [0.25, 0.3) is 10.8 Å². The molecule has 29 heavy (non-hydrogen) atoms. The van der Waals surface area contributed by atoms with Crippen LogP contribution in [-0.2, 0) is 4.79 Å². The summed E-state index contributed by atoms with van der Waals surface area (Å²) >= 11 is 0. The van der Waals surface area contributed by atoms with E-state index in [0.717, 1.165) is 29.2 Å². The molecule has 1 aromatic heterocycles. The van der Waals surface area contributed by atoms with E-state index in [2.05, 4.69) is 17.4 Å². The van der Waals surface area contributed by atoms with Gasteiger partial charge in [0.15, 0.2) is 5.76 Å². The molecule has 1 saturated heterocycles. The van der Waals surface area contributed by atoms with Gasteiger partial charge in [0.1, 0.15) is 6.04 Å². The number of fused-ring (bicyclic) bond motifs is 1. The van der Waals surface area contributed by atoms with Crippen molar-refractivity contribution < 1.29 is 14.0 Å². The van der Waals surface area contributed by atoms with Crippen molar-refractivity contribution in [3.63, 3.8) is 0 Å². The number of carbonyl (C=O) groups excluding carboxylic acids is 2. The summed E-state index contributed by atoms with van der Waals surface area (Å²) in [7, 11) is 0. The van der Waals surface area contributed by atoms with Crippen molar-refractivity contribution in [1.29, 1.82) is 0 Å². The first kappa shape index (κ1) is 19.2. The Bertz CT molecular complexity index is 1000. The summed E-state index contributed by atoms with van der Waals surface area (Å²) in [6, 6.07) is 16.6. The van der Waals surface area contributed by atoms with Gasteiger partial charge in [0.2, 0.25) is 5.91 Å². The molecule has 2 amide bonds. The molecule has 1 aliphatic heterocycles. The van der Waals surface area contributed by atoms with Crippen molar-refractivity contribution in [2.45, 2.75) is 31.3 Å². The zero-order valence-electron chi connectivity index (χ0n) is 16.2. The maximum Gasteiger partial charge on any atom is 0.290 e. The second kappa shape index (κ2) is 8.49. The first-order chi connectivity index (χ1) is 14.2. The molecule has 0 spiro atoms. The summed E-state index contributed by atoms with van der Waals surface area (Å²) in [5.41, 5.74) is 6.95. The lowest BCUT2D eigenvalue weighted by Crippen LogP contribution is -2.53. The molecule has 4 rings (SSSR count). The lowest BCUT2D eigenvalue weighted by molar-refractivity contribution is -0.127. The van der Waals surface area contributed by atoms with E-state index in [9.17, 15) is 9.59 Å². The number of likely N-dealkylation sites (tertiary alicyclic amines) is 1. The van der Waals surface area contributed by atoms with E-state index in [0.29, 0.717) is 13.0 Å². The second-order valence-electron chi connectivity index (χ2n) is 7.39. The van der Waals surface area contributed by atoms with Gasteiger partial charge in [0.25, 0.3) is 5.91 Å². The Morgan fingerprint density at radius 3 is 2.69 bits per heavy atom. The molecule has 1 aliphatic rings. The third-order valence-electron chi connectivity index (χ3n) is 5.53. The lowest BCUT2D eigenvalue weighted by Gasteiger charge is -2.35. The molecule has 2 unspecified atom stereocenters. The molecule has 0 bridgehead atoms. The quantitative estimate of drug-likeness (QED) is 0.699. The highest BCUT2D eigenvalue weighted by Crippen LogP contribution is 2.23. The fraction of sp³-hybridized carbons (Fsp3) is 0.304. The molecule has 0 saturated carbocycles. The highest BCUT2D eigenvalue weighted by atomic mass is 16.3. The summed E-state index contributed by atoms with van der Waals surface area (Å²) in [6.45, 7) is 0.823. The third-order valence-corrected chi connectivity index (χ3v) is 5.53. The SMILES string of the molecule is NCC(NC(=O)C1CCCCN1C(=O)c1ccco1)c1ccc2ccccc2c1. The highest BCUT2D eigenvalue weighted by Gasteiger charge is 2.34. The molecule has 2 heterocycles. The average molecular weight is 391 g/mol. The summed E-state index contributed by atoms with van der Waals surface area (Å²) in [6.07, 6.45) is 3.88. The van der Waals surface area contributed by atoms with Gasteiger partial charge in [-0.25, -0.2) is 0 Å². The van der Waals surface area contributed by atoms with Gasteiger partial charge in [-0.1, -0.05) is 36.4 Å². The largest absolute Gasteiger partial charge is 0.459 e. The molecule has 2 aromatic carbocycles. The Labute approximate surface area is 169 Å². The molecule has 3 N–H and O–H groups in total. The predicted octanol–water partition coefficient (Wildman–Crippen LogP) is 3.24. The first-order valence-corrected chi connectivity index (χ1v) is 10.0. The minimum atomic E-state index is -0.518. The van der Waals surface area contributed by atoms with Crippen LogP contribution < -0.4 is 11.1 Å². The standard InChI is InChI=1S/C23H25N3O3/c24-15-19(18-11-10-16-6-1-2-7-17(16)14-18)25-22(27)20-8-3-4-12-26(20)23(28)21-9-5-13-29-21/h1-2,5-7,9-11,13-14,19-20H,3-4,8,12,15,24H2,(H,25,27). The van der Waals surface area contributed by atoms with E-state index in [-0.39, 0.29) is 30.2 Å². The van der Waals surface area contributed by atoms with Crippen molar-refractivity contribution in [3.8, 4) is 0 Å². The van der Waals surface area contributed by atoms with E-state index >= 15 is 0 Å². The topological polar surface area (TPSA) is 88.6 Å². The Balaban J connectivity index is 1.52. The van der Waals surface area contributed by atoms with Crippen molar-refractivity contribution in [2.75, 3.05) is 13.1 Å². The van der Waals surface area contributed by atoms with Crippen LogP contribution in [-0.4, -0.2) is 35.8 Å². The number of benzene rings is 2. The first-order valence-electron chi connectivity index (χ1n) is 10.0. The molecule has 6 nitrogen and oxygen atoms in total. The van der Waals surface area contributed by atoms with Gasteiger partial charge in [-0.3, -0.25) is 9.59 Å². The minimum absolute atomic E-state index is 0.173. The van der Waals surface area contributed by atoms with Crippen LogP contribution in [0.4, 0.5) is 0 Å². The number of rotatable bonds is 5. The third kappa shape index (κ3) is 4.03. The Kier molecular flexibility index (Phi) is 5.62. The number of amides is 2. The summed E-state index contributed by atoms with van der Waals surface area (Å²) < 4.78 is 5.25. The number of hydrogen-bond donors (Lipinski definition) is 2. The summed E-state index contributed by atoms with van der Waals surface area (Å²) in [4.78, 5) is 27.5. The van der Waals surface area contributed by atoms with Crippen molar-refractivity contribution >= 4 is 22.6 Å². The maximum atomic E-state index is 13.1. The number of nitrogens with two attached hydrogens (primary N) is 1. The number of piperidine rings is 1. The number of nitrogens with one attached hydrogen (secondary N) is 1. The van der Waals surface area contributed by atoms with Crippen molar-refractivity contribution in [2.24, 2.45) is 5.73 Å². The van der Waals surface area contributed by atoms with Crippen LogP contribution in [0, 0.1) is 0 Å². The maximum absolute atomic E-state index is 13.1. The Morgan fingerprint density at radius 1 is 1.10 bits per heavy atom. The molecule has 150 valence electrons. The van der Waals surface area contributed by atoms with E-state index in [1.807, 2.05) is 30.3 Å². The van der Waals surface area contributed by atoms with E-state index in [4.69, 9.17) is 10.2 Å². The molecule has 0 aliphatic carbocycles. The highest BCUT2D eigenvalue weighted by molar-refractivity contribution is 5.95. The zero-order chi connectivity index (χ0) is 20.2. The fourth-order valence-electron chi connectivity index (χ4n) is 3.96. The predicted molar refractivity (Wildman–Crippen MR) is 111 cm³/mol. The fourth-order valence-corrected chi connectivity index (χ4v) is 3.96. The molecule has 3 aromatic rings. The molecule has 0 radical (unpaired) electrons. The Hall–Kier alpha value is -3.12. The Morgan fingerprint density at radius 2 is 1.93 bits per heavy atom. The van der Waals surface area contributed by atoms with Gasteiger partial charge in [0, 0.05) is 13.1 Å². The molecule has 2 atom stereocenters.